The molecule has 0 saturated carbocycles. The molecule has 1 heterocycles. The smallest absolute Gasteiger partial charge is 0.255 e. The molecule has 1 aliphatic heterocycles. The zero-order valence-electron chi connectivity index (χ0n) is 11.9. The first kappa shape index (κ1) is 13.8. The Bertz CT molecular complexity index is 697. The number of hydrogen-bond donors (Lipinski definition) is 2. The predicted molar refractivity (Wildman–Crippen MR) is 80.9 cm³/mol. The molecular weight excluding hydrogens is 267 g/mol. The van der Waals surface area contributed by atoms with Crippen LogP contribution in [0.25, 0.3) is 0 Å². The molecule has 0 aliphatic carbocycles. The molecule has 3 rings (SSSR count). The lowest BCUT2D eigenvalue weighted by Gasteiger charge is -2.20. The van der Waals surface area contributed by atoms with Crippen molar-refractivity contribution in [1.29, 1.82) is 0 Å². The Labute approximate surface area is 123 Å². The monoisotopic (exact) mass is 284 g/mol. The first-order valence-electron chi connectivity index (χ1n) is 7.04. The molecular formula is C17H17FN2O. The summed E-state index contributed by atoms with van der Waals surface area (Å²) >= 11 is 0. The van der Waals surface area contributed by atoms with Crippen LogP contribution in [0.15, 0.2) is 36.4 Å². The molecule has 4 heteroatoms. The van der Waals surface area contributed by atoms with E-state index >= 15 is 0 Å². The van der Waals surface area contributed by atoms with Crippen LogP contribution in [0.3, 0.4) is 0 Å². The van der Waals surface area contributed by atoms with Crippen LogP contribution in [0.4, 0.5) is 10.1 Å². The lowest BCUT2D eigenvalue weighted by Crippen LogP contribution is -2.25. The number of hydrogen-bond acceptors (Lipinski definition) is 2. The molecule has 1 aliphatic rings. The summed E-state index contributed by atoms with van der Waals surface area (Å²) in [5, 5.41) is 6.26. The van der Waals surface area contributed by atoms with Gasteiger partial charge in [-0.1, -0.05) is 12.1 Å². The number of halogens is 1. The first-order valence-corrected chi connectivity index (χ1v) is 7.04. The van der Waals surface area contributed by atoms with Gasteiger partial charge in [0.1, 0.15) is 5.82 Å². The van der Waals surface area contributed by atoms with E-state index in [2.05, 4.69) is 16.7 Å². The molecule has 0 bridgehead atoms. The van der Waals surface area contributed by atoms with Crippen LogP contribution >= 0.6 is 0 Å². The second kappa shape index (κ2) is 5.66. The Morgan fingerprint density at radius 3 is 2.95 bits per heavy atom. The maximum atomic E-state index is 13.1. The number of rotatable bonds is 2. The molecule has 0 unspecified atom stereocenters. The molecule has 0 atom stereocenters. The van der Waals surface area contributed by atoms with Crippen molar-refractivity contribution in [3.8, 4) is 0 Å². The van der Waals surface area contributed by atoms with Gasteiger partial charge in [-0.05, 0) is 60.8 Å². The van der Waals surface area contributed by atoms with Crippen LogP contribution < -0.4 is 10.6 Å². The fourth-order valence-electron chi connectivity index (χ4n) is 2.70. The summed E-state index contributed by atoms with van der Waals surface area (Å²) in [5.74, 6) is -0.531. The van der Waals surface area contributed by atoms with Crippen molar-refractivity contribution in [3.63, 3.8) is 0 Å². The van der Waals surface area contributed by atoms with Gasteiger partial charge < -0.3 is 10.6 Å². The number of aryl methyl sites for hydroxylation is 1. The van der Waals surface area contributed by atoms with E-state index in [0.717, 1.165) is 30.8 Å². The van der Waals surface area contributed by atoms with Crippen LogP contribution in [-0.2, 0) is 13.0 Å². The number of carbonyl (C=O) groups excluding carboxylic acids is 1. The number of anilines is 1. The third kappa shape index (κ3) is 2.81. The van der Waals surface area contributed by atoms with Gasteiger partial charge in [0.15, 0.2) is 0 Å². The third-order valence-corrected chi connectivity index (χ3v) is 3.83. The molecule has 21 heavy (non-hydrogen) atoms. The van der Waals surface area contributed by atoms with Crippen LogP contribution in [0, 0.1) is 12.7 Å². The Morgan fingerprint density at radius 2 is 2.14 bits per heavy atom. The fraction of sp³-hybridized carbons (Fsp3) is 0.235. The van der Waals surface area contributed by atoms with Crippen molar-refractivity contribution in [2.45, 2.75) is 19.9 Å². The van der Waals surface area contributed by atoms with E-state index in [4.69, 9.17) is 0 Å². The van der Waals surface area contributed by atoms with Crippen molar-refractivity contribution < 1.29 is 9.18 Å². The van der Waals surface area contributed by atoms with Gasteiger partial charge in [-0.25, -0.2) is 4.39 Å². The van der Waals surface area contributed by atoms with Crippen molar-refractivity contribution in [2.75, 3.05) is 11.9 Å². The van der Waals surface area contributed by atoms with E-state index in [9.17, 15) is 9.18 Å². The van der Waals surface area contributed by atoms with Crippen LogP contribution in [0.1, 0.15) is 27.0 Å². The molecule has 0 aromatic heterocycles. The number of carbonyl (C=O) groups is 1. The SMILES string of the molecule is Cc1cc(F)ccc1C(=O)Nc1cccc2c1CNCC2. The van der Waals surface area contributed by atoms with Gasteiger partial charge in [-0.2, -0.15) is 0 Å². The van der Waals surface area contributed by atoms with Gasteiger partial charge in [0.05, 0.1) is 0 Å². The van der Waals surface area contributed by atoms with E-state index in [1.165, 1.54) is 23.8 Å². The lowest BCUT2D eigenvalue weighted by molar-refractivity contribution is 0.102. The highest BCUT2D eigenvalue weighted by molar-refractivity contribution is 6.05. The average Bonchev–Trinajstić information content (AvgIpc) is 2.47. The average molecular weight is 284 g/mol. The molecule has 2 N–H and O–H groups in total. The maximum Gasteiger partial charge on any atom is 0.255 e. The maximum absolute atomic E-state index is 13.1. The summed E-state index contributed by atoms with van der Waals surface area (Å²) in [4.78, 5) is 12.4. The first-order chi connectivity index (χ1) is 10.1. The second-order valence-corrected chi connectivity index (χ2v) is 5.28. The Balaban J connectivity index is 1.88. The zero-order chi connectivity index (χ0) is 14.8. The van der Waals surface area contributed by atoms with Crippen molar-refractivity contribution >= 4 is 11.6 Å². The van der Waals surface area contributed by atoms with Crippen LogP contribution in [-0.4, -0.2) is 12.5 Å². The summed E-state index contributed by atoms with van der Waals surface area (Å²) in [7, 11) is 0. The Hall–Kier alpha value is -2.20. The van der Waals surface area contributed by atoms with E-state index in [0.29, 0.717) is 11.1 Å². The number of nitrogens with one attached hydrogen (secondary N) is 2. The van der Waals surface area contributed by atoms with E-state index < -0.39 is 0 Å². The molecule has 0 saturated heterocycles. The Kier molecular flexibility index (Phi) is 3.71. The summed E-state index contributed by atoms with van der Waals surface area (Å²) < 4.78 is 13.1. The normalized spacial score (nSPS) is 13.6. The molecule has 108 valence electrons. The third-order valence-electron chi connectivity index (χ3n) is 3.83. The second-order valence-electron chi connectivity index (χ2n) is 5.28. The number of benzene rings is 2. The van der Waals surface area contributed by atoms with Crippen LogP contribution in [0.5, 0.6) is 0 Å². The van der Waals surface area contributed by atoms with E-state index in [-0.39, 0.29) is 11.7 Å². The highest BCUT2D eigenvalue weighted by Gasteiger charge is 2.16. The summed E-state index contributed by atoms with van der Waals surface area (Å²) in [6.07, 6.45) is 0.967. The van der Waals surface area contributed by atoms with E-state index in [1.54, 1.807) is 6.92 Å². The Morgan fingerprint density at radius 1 is 1.29 bits per heavy atom. The molecule has 1 amide bonds. The molecule has 0 radical (unpaired) electrons. The minimum atomic E-state index is -0.328. The van der Waals surface area contributed by atoms with Crippen molar-refractivity contribution in [2.24, 2.45) is 0 Å². The van der Waals surface area contributed by atoms with Crippen molar-refractivity contribution in [1.82, 2.24) is 5.32 Å². The van der Waals surface area contributed by atoms with E-state index in [1.807, 2.05) is 12.1 Å². The molecule has 2 aromatic rings. The van der Waals surface area contributed by atoms with Crippen molar-refractivity contribution in [3.05, 3.63) is 64.5 Å². The number of fused-ring (bicyclic) bond motifs is 1. The van der Waals surface area contributed by atoms with Gasteiger partial charge >= 0.3 is 0 Å². The fourth-order valence-corrected chi connectivity index (χ4v) is 2.70. The van der Waals surface area contributed by atoms with Crippen LogP contribution in [0.2, 0.25) is 0 Å². The summed E-state index contributed by atoms with van der Waals surface area (Å²) in [5.41, 5.74) is 4.36. The molecule has 0 spiro atoms. The largest absolute Gasteiger partial charge is 0.322 e. The molecule has 2 aromatic carbocycles. The zero-order valence-corrected chi connectivity index (χ0v) is 11.9. The highest BCUT2D eigenvalue weighted by Crippen LogP contribution is 2.24. The molecule has 3 nitrogen and oxygen atoms in total. The van der Waals surface area contributed by atoms with Gasteiger partial charge in [-0.15, -0.1) is 0 Å². The van der Waals surface area contributed by atoms with Gasteiger partial charge in [-0.3, -0.25) is 4.79 Å². The summed E-state index contributed by atoms with van der Waals surface area (Å²) in [6.45, 7) is 3.45. The quantitative estimate of drug-likeness (QED) is 0.890. The summed E-state index contributed by atoms with van der Waals surface area (Å²) in [6, 6.07) is 10.2. The van der Waals surface area contributed by atoms with Gasteiger partial charge in [0, 0.05) is 17.8 Å². The van der Waals surface area contributed by atoms with Gasteiger partial charge in [0.2, 0.25) is 0 Å². The molecule has 0 fully saturated rings. The standard InChI is InChI=1S/C17H17FN2O/c1-11-9-13(18)5-6-14(11)17(21)20-16-4-2-3-12-7-8-19-10-15(12)16/h2-6,9,19H,7-8,10H2,1H3,(H,20,21). The highest BCUT2D eigenvalue weighted by atomic mass is 19.1. The lowest BCUT2D eigenvalue weighted by atomic mass is 9.99. The topological polar surface area (TPSA) is 41.1 Å². The minimum Gasteiger partial charge on any atom is -0.322 e. The van der Waals surface area contributed by atoms with Gasteiger partial charge in [0.25, 0.3) is 5.91 Å². The minimum absolute atomic E-state index is 0.202. The number of amides is 1. The predicted octanol–water partition coefficient (Wildman–Crippen LogP) is 3.03.